The van der Waals surface area contributed by atoms with Crippen molar-refractivity contribution in [3.05, 3.63) is 42.0 Å². The maximum atomic E-state index is 12.4. The second-order valence-corrected chi connectivity index (χ2v) is 4.54. The molecule has 0 amide bonds. The monoisotopic (exact) mass is 272 g/mol. The molecule has 20 heavy (non-hydrogen) atoms. The van der Waals surface area contributed by atoms with Crippen molar-refractivity contribution in [1.29, 1.82) is 0 Å². The van der Waals surface area contributed by atoms with Gasteiger partial charge in [-0.1, -0.05) is 30.3 Å². The third-order valence-corrected chi connectivity index (χ3v) is 3.10. The summed E-state index contributed by atoms with van der Waals surface area (Å²) < 4.78 is 5.53. The van der Waals surface area contributed by atoms with Crippen LogP contribution in [0.1, 0.15) is 23.7 Å². The normalized spacial score (nSPS) is 10.6. The van der Waals surface area contributed by atoms with E-state index >= 15 is 0 Å². The van der Waals surface area contributed by atoms with Crippen molar-refractivity contribution in [2.24, 2.45) is 0 Å². The van der Waals surface area contributed by atoms with Crippen LogP contribution in [0.5, 0.6) is 5.75 Å². The molecule has 0 saturated heterocycles. The number of carbonyl (C=O) groups excluding carboxylic acids is 1. The van der Waals surface area contributed by atoms with Gasteiger partial charge in [0.2, 0.25) is 0 Å². The summed E-state index contributed by atoms with van der Waals surface area (Å²) in [5.74, 6) is 0.405. The number of hydrogen-bond acceptors (Lipinski definition) is 4. The van der Waals surface area contributed by atoms with Crippen LogP contribution in [-0.4, -0.2) is 29.6 Å². The molecule has 0 saturated carbocycles. The molecule has 104 valence electrons. The Morgan fingerprint density at radius 1 is 1.20 bits per heavy atom. The molecule has 2 aromatic rings. The third kappa shape index (κ3) is 3.18. The third-order valence-electron chi connectivity index (χ3n) is 3.10. The number of ketones is 1. The average Bonchev–Trinajstić information content (AvgIpc) is 2.45. The highest BCUT2D eigenvalue weighted by atomic mass is 16.5. The molecule has 0 atom stereocenters. The van der Waals surface area contributed by atoms with Gasteiger partial charge in [0.1, 0.15) is 5.75 Å². The van der Waals surface area contributed by atoms with Crippen molar-refractivity contribution < 1.29 is 19.6 Å². The van der Waals surface area contributed by atoms with Crippen LogP contribution in [0, 0.1) is 0 Å². The Morgan fingerprint density at radius 2 is 1.95 bits per heavy atom. The minimum atomic E-state index is -1.47. The topological polar surface area (TPSA) is 66.8 Å². The highest BCUT2D eigenvalue weighted by Gasteiger charge is 2.18. The van der Waals surface area contributed by atoms with Crippen LogP contribution in [0.25, 0.3) is 10.8 Å². The fourth-order valence-corrected chi connectivity index (χ4v) is 2.20. The van der Waals surface area contributed by atoms with Crippen molar-refractivity contribution in [1.82, 2.24) is 0 Å². The van der Waals surface area contributed by atoms with Gasteiger partial charge in [-0.25, -0.2) is 0 Å². The van der Waals surface area contributed by atoms with E-state index in [0.29, 0.717) is 17.9 Å². The predicted octanol–water partition coefficient (Wildman–Crippen LogP) is 2.28. The number of benzene rings is 2. The van der Waals surface area contributed by atoms with Gasteiger partial charge >= 0.3 is 7.12 Å². The molecule has 0 heterocycles. The van der Waals surface area contributed by atoms with E-state index in [0.717, 1.165) is 10.8 Å². The van der Waals surface area contributed by atoms with Crippen molar-refractivity contribution in [3.63, 3.8) is 0 Å². The van der Waals surface area contributed by atoms with Gasteiger partial charge in [0.15, 0.2) is 5.78 Å². The molecule has 4 nitrogen and oxygen atoms in total. The van der Waals surface area contributed by atoms with Crippen LogP contribution < -0.4 is 4.74 Å². The molecule has 2 aromatic carbocycles. The van der Waals surface area contributed by atoms with Crippen LogP contribution in [0.2, 0.25) is 6.32 Å². The van der Waals surface area contributed by atoms with Crippen molar-refractivity contribution in [2.75, 3.05) is 6.61 Å². The summed E-state index contributed by atoms with van der Waals surface area (Å²) in [6.45, 7) is 2.34. The molecule has 0 bridgehead atoms. The Kier molecular flexibility index (Phi) is 4.77. The van der Waals surface area contributed by atoms with E-state index in [4.69, 9.17) is 14.8 Å². The molecule has 0 aliphatic rings. The van der Waals surface area contributed by atoms with E-state index < -0.39 is 7.12 Å². The first-order valence-corrected chi connectivity index (χ1v) is 6.67. The van der Waals surface area contributed by atoms with Crippen LogP contribution in [0.15, 0.2) is 36.4 Å². The zero-order valence-electron chi connectivity index (χ0n) is 11.4. The molecule has 0 aliphatic carbocycles. The predicted molar refractivity (Wildman–Crippen MR) is 79.1 cm³/mol. The Morgan fingerprint density at radius 3 is 2.65 bits per heavy atom. The molecule has 0 aliphatic heterocycles. The standard InChI is InChI=1S/C15H17BO4/c1-2-20-14-8-7-11-5-3-4-6-12(11)15(14)13(17)9-10-16(18)19/h3-8,18-19H,2,9-10H2,1H3. The first kappa shape index (κ1) is 14.6. The van der Waals surface area contributed by atoms with E-state index in [9.17, 15) is 4.79 Å². The van der Waals surface area contributed by atoms with E-state index in [2.05, 4.69) is 0 Å². The van der Waals surface area contributed by atoms with E-state index in [-0.39, 0.29) is 18.5 Å². The quantitative estimate of drug-likeness (QED) is 0.625. The number of fused-ring (bicyclic) bond motifs is 1. The second-order valence-electron chi connectivity index (χ2n) is 4.54. The largest absolute Gasteiger partial charge is 0.493 e. The summed E-state index contributed by atoms with van der Waals surface area (Å²) in [5.41, 5.74) is 0.519. The van der Waals surface area contributed by atoms with Crippen LogP contribution in [-0.2, 0) is 0 Å². The lowest BCUT2D eigenvalue weighted by Gasteiger charge is -2.12. The fourth-order valence-electron chi connectivity index (χ4n) is 2.20. The van der Waals surface area contributed by atoms with Crippen LogP contribution in [0.3, 0.4) is 0 Å². The van der Waals surface area contributed by atoms with Crippen LogP contribution >= 0.6 is 0 Å². The highest BCUT2D eigenvalue weighted by molar-refractivity contribution is 6.41. The van der Waals surface area contributed by atoms with Crippen LogP contribution in [0.4, 0.5) is 0 Å². The lowest BCUT2D eigenvalue weighted by Crippen LogP contribution is -2.13. The molecule has 0 radical (unpaired) electrons. The summed E-state index contributed by atoms with van der Waals surface area (Å²) in [7, 11) is -1.47. The van der Waals surface area contributed by atoms with E-state index in [1.54, 1.807) is 6.07 Å². The zero-order chi connectivity index (χ0) is 14.5. The van der Waals surface area contributed by atoms with Gasteiger partial charge in [0, 0.05) is 6.42 Å². The summed E-state index contributed by atoms with van der Waals surface area (Å²) in [6.07, 6.45) is 0.0966. The van der Waals surface area contributed by atoms with Crippen molar-refractivity contribution in [3.8, 4) is 5.75 Å². The van der Waals surface area contributed by atoms with Gasteiger partial charge in [-0.2, -0.15) is 0 Å². The molecular weight excluding hydrogens is 255 g/mol. The molecule has 2 N–H and O–H groups in total. The second kappa shape index (κ2) is 6.54. The Labute approximate surface area is 118 Å². The molecule has 0 fully saturated rings. The molecular formula is C15H17BO4. The Balaban J connectivity index is 2.46. The van der Waals surface area contributed by atoms with E-state index in [1.165, 1.54) is 0 Å². The van der Waals surface area contributed by atoms with Gasteiger partial charge < -0.3 is 14.8 Å². The number of ether oxygens (including phenoxy) is 1. The highest BCUT2D eigenvalue weighted by Crippen LogP contribution is 2.29. The van der Waals surface area contributed by atoms with E-state index in [1.807, 2.05) is 37.3 Å². The summed E-state index contributed by atoms with van der Waals surface area (Å²) in [6, 6.07) is 11.3. The maximum Gasteiger partial charge on any atom is 0.451 e. The lowest BCUT2D eigenvalue weighted by atomic mass is 9.82. The summed E-state index contributed by atoms with van der Waals surface area (Å²) in [4.78, 5) is 12.4. The van der Waals surface area contributed by atoms with Crippen molar-refractivity contribution >= 4 is 23.7 Å². The fraction of sp³-hybridized carbons (Fsp3) is 0.267. The first-order valence-electron chi connectivity index (χ1n) is 6.67. The average molecular weight is 272 g/mol. The number of Topliss-reactive ketones (excluding diaryl/α,β-unsaturated/α-hetero) is 1. The summed E-state index contributed by atoms with van der Waals surface area (Å²) >= 11 is 0. The van der Waals surface area contributed by atoms with Crippen molar-refractivity contribution in [2.45, 2.75) is 19.7 Å². The Hall–Kier alpha value is -1.85. The smallest absolute Gasteiger partial charge is 0.451 e. The Bertz CT molecular complexity index is 610. The minimum Gasteiger partial charge on any atom is -0.493 e. The molecule has 2 rings (SSSR count). The number of hydrogen-bond donors (Lipinski definition) is 2. The first-order chi connectivity index (χ1) is 9.63. The van der Waals surface area contributed by atoms with Gasteiger partial charge in [-0.15, -0.1) is 0 Å². The van der Waals surface area contributed by atoms with Gasteiger partial charge in [-0.3, -0.25) is 4.79 Å². The summed E-state index contributed by atoms with van der Waals surface area (Å²) in [5, 5.41) is 19.6. The minimum absolute atomic E-state index is 0.0214. The zero-order valence-corrected chi connectivity index (χ0v) is 11.4. The maximum absolute atomic E-state index is 12.4. The SMILES string of the molecule is CCOc1ccc2ccccc2c1C(=O)CCB(O)O. The van der Waals surface area contributed by atoms with Gasteiger partial charge in [0.05, 0.1) is 12.2 Å². The molecule has 0 unspecified atom stereocenters. The molecule has 0 spiro atoms. The van der Waals surface area contributed by atoms with Gasteiger partial charge in [0.25, 0.3) is 0 Å². The van der Waals surface area contributed by atoms with Gasteiger partial charge in [-0.05, 0) is 30.1 Å². The number of rotatable bonds is 6. The number of carbonyl (C=O) groups is 1. The lowest BCUT2D eigenvalue weighted by molar-refractivity contribution is 0.0983. The molecule has 5 heteroatoms. The molecule has 0 aromatic heterocycles.